The van der Waals surface area contributed by atoms with E-state index in [0.717, 1.165) is 37.4 Å². The summed E-state index contributed by atoms with van der Waals surface area (Å²) in [5.74, 6) is 3.94. The summed E-state index contributed by atoms with van der Waals surface area (Å²) in [6, 6.07) is 7.04. The summed E-state index contributed by atoms with van der Waals surface area (Å²) < 4.78 is 32.1. The quantitative estimate of drug-likeness (QED) is 0.152. The maximum Gasteiger partial charge on any atom is 0.175 e. The average molecular weight is 544 g/mol. The third-order valence-electron chi connectivity index (χ3n) is 4.97. The predicted octanol–water partition coefficient (Wildman–Crippen LogP) is 8.05. The second-order valence-corrected chi connectivity index (χ2v) is 11.2. The number of nitrogens with zero attached hydrogens (tertiary/aromatic N) is 1. The molecule has 0 aliphatic rings. The van der Waals surface area contributed by atoms with Crippen LogP contribution in [0.3, 0.4) is 0 Å². The van der Waals surface area contributed by atoms with Crippen molar-refractivity contribution < 1.29 is 17.9 Å². The second kappa shape index (κ2) is 30.8. The van der Waals surface area contributed by atoms with Gasteiger partial charge in [-0.3, -0.25) is 0 Å². The molecule has 5 nitrogen and oxygen atoms in total. The van der Waals surface area contributed by atoms with Crippen molar-refractivity contribution in [1.29, 1.82) is 0 Å². The van der Waals surface area contributed by atoms with E-state index < -0.39 is 9.84 Å². The van der Waals surface area contributed by atoms with Crippen LogP contribution in [-0.4, -0.2) is 60.2 Å². The second-order valence-electron chi connectivity index (χ2n) is 9.22. The molecular weight excluding hydrogens is 482 g/mol. The van der Waals surface area contributed by atoms with Crippen molar-refractivity contribution in [1.82, 2.24) is 4.90 Å². The third-order valence-corrected chi connectivity index (χ3v) is 6.10. The largest absolute Gasteiger partial charge is 0.359 e. The molecule has 0 aliphatic heterocycles. The highest BCUT2D eigenvalue weighted by molar-refractivity contribution is 7.90. The molecule has 1 rings (SSSR count). The number of ether oxygens (including phenoxy) is 2. The molecular formula is C31H61NO4S. The Morgan fingerprint density at radius 3 is 1.78 bits per heavy atom. The molecule has 0 heterocycles. The Hall–Kier alpha value is -1.39. The van der Waals surface area contributed by atoms with Crippen LogP contribution in [0.5, 0.6) is 0 Å². The van der Waals surface area contributed by atoms with E-state index in [1.54, 1.807) is 19.2 Å². The molecule has 0 radical (unpaired) electrons. The van der Waals surface area contributed by atoms with E-state index in [9.17, 15) is 8.42 Å². The molecule has 0 spiro atoms. The number of rotatable bonds is 12. The van der Waals surface area contributed by atoms with Gasteiger partial charge in [0.25, 0.3) is 0 Å². The van der Waals surface area contributed by atoms with Crippen molar-refractivity contribution in [2.45, 2.75) is 105 Å². The Labute approximate surface area is 232 Å². The zero-order valence-electron chi connectivity index (χ0n) is 26.4. The molecule has 0 aliphatic carbocycles. The van der Waals surface area contributed by atoms with E-state index in [1.165, 1.54) is 25.5 Å². The maximum atomic E-state index is 11.1. The standard InChI is InChI=1S/C10H19NO2.C10H14O2S.C5H12.C4H10.C2H6/c1-4-5-6-7-11(2)8-9-13-10-12-3;1-8(2)9-4-6-10(7-5-9)13(3,11)12;1-4-5(2)3;1-3-4-2;1-2/h1H,5-10H2,2-3H3;4-8H,1-3H3;5H,4H2,1-3H3;3-4H2,1-2H3;1-2H3. The van der Waals surface area contributed by atoms with Crippen LogP contribution in [0.2, 0.25) is 0 Å². The van der Waals surface area contributed by atoms with Crippen LogP contribution in [0.4, 0.5) is 0 Å². The number of hydrogen-bond donors (Lipinski definition) is 0. The van der Waals surface area contributed by atoms with Gasteiger partial charge in [0.15, 0.2) is 9.84 Å². The lowest BCUT2D eigenvalue weighted by molar-refractivity contribution is -0.0351. The van der Waals surface area contributed by atoms with Crippen LogP contribution < -0.4 is 0 Å². The van der Waals surface area contributed by atoms with Gasteiger partial charge in [0.05, 0.1) is 11.5 Å². The van der Waals surface area contributed by atoms with Crippen LogP contribution in [0.1, 0.15) is 106 Å². The minimum absolute atomic E-state index is 0.373. The maximum absolute atomic E-state index is 11.1. The van der Waals surface area contributed by atoms with Gasteiger partial charge >= 0.3 is 0 Å². The fourth-order valence-corrected chi connectivity index (χ4v) is 2.66. The fraction of sp³-hybridized carbons (Fsp3) is 0.742. The molecule has 0 atom stereocenters. The van der Waals surface area contributed by atoms with E-state index >= 15 is 0 Å². The minimum atomic E-state index is -3.05. The molecule has 6 heteroatoms. The SMILES string of the molecule is C#CCCCN(C)CCOCOC.CC.CC(C)c1ccc(S(C)(=O)=O)cc1.CCC(C)C.CCCC. The number of terminal acetylenes is 1. The van der Waals surface area contributed by atoms with Gasteiger partial charge in [-0.05, 0) is 49.5 Å². The number of likely N-dealkylation sites (N-methyl/N-ethyl adjacent to an activating group) is 1. The van der Waals surface area contributed by atoms with Crippen molar-refractivity contribution in [2.24, 2.45) is 5.92 Å². The molecule has 1 aromatic carbocycles. The highest BCUT2D eigenvalue weighted by Crippen LogP contribution is 2.16. The highest BCUT2D eigenvalue weighted by Gasteiger charge is 2.06. The Bertz CT molecular complexity index is 706. The van der Waals surface area contributed by atoms with Crippen LogP contribution in [0, 0.1) is 18.3 Å². The minimum Gasteiger partial charge on any atom is -0.359 e. The molecule has 0 unspecified atom stereocenters. The predicted molar refractivity (Wildman–Crippen MR) is 164 cm³/mol. The van der Waals surface area contributed by atoms with E-state index in [0.29, 0.717) is 24.2 Å². The molecule has 0 N–H and O–H groups in total. The number of unbranched alkanes of at least 4 members (excludes halogenated alkanes) is 2. The van der Waals surface area contributed by atoms with Crippen LogP contribution in [0.25, 0.3) is 0 Å². The highest BCUT2D eigenvalue weighted by atomic mass is 32.2. The van der Waals surface area contributed by atoms with Gasteiger partial charge in [-0.2, -0.15) is 0 Å². The molecule has 37 heavy (non-hydrogen) atoms. The summed E-state index contributed by atoms with van der Waals surface area (Å²) >= 11 is 0. The molecule has 220 valence electrons. The smallest absolute Gasteiger partial charge is 0.175 e. The van der Waals surface area contributed by atoms with E-state index in [2.05, 4.69) is 66.3 Å². The zero-order valence-corrected chi connectivity index (χ0v) is 27.2. The first kappa shape index (κ1) is 42.7. The van der Waals surface area contributed by atoms with Crippen LogP contribution in [0.15, 0.2) is 29.2 Å². The number of hydrogen-bond acceptors (Lipinski definition) is 5. The monoisotopic (exact) mass is 543 g/mol. The van der Waals surface area contributed by atoms with Gasteiger partial charge < -0.3 is 14.4 Å². The summed E-state index contributed by atoms with van der Waals surface area (Å²) in [6.45, 7) is 22.2. The fourth-order valence-electron chi connectivity index (χ4n) is 2.03. The molecule has 0 saturated carbocycles. The van der Waals surface area contributed by atoms with Crippen molar-refractivity contribution in [3.8, 4) is 12.3 Å². The Balaban J connectivity index is -0.000000212. The molecule has 0 saturated heterocycles. The molecule has 0 bridgehead atoms. The number of methoxy groups -OCH3 is 1. The van der Waals surface area contributed by atoms with E-state index in [-0.39, 0.29) is 0 Å². The van der Waals surface area contributed by atoms with Crippen LogP contribution >= 0.6 is 0 Å². The first-order valence-corrected chi connectivity index (χ1v) is 15.8. The first-order valence-electron chi connectivity index (χ1n) is 13.9. The van der Waals surface area contributed by atoms with Crippen molar-refractivity contribution >= 4 is 9.84 Å². The van der Waals surface area contributed by atoms with Gasteiger partial charge in [0, 0.05) is 26.3 Å². The van der Waals surface area contributed by atoms with Crippen molar-refractivity contribution in [3.05, 3.63) is 29.8 Å². The summed E-state index contributed by atoms with van der Waals surface area (Å²) in [5, 5.41) is 0. The van der Waals surface area contributed by atoms with Gasteiger partial charge in [-0.1, -0.05) is 93.7 Å². The van der Waals surface area contributed by atoms with Gasteiger partial charge in [0.1, 0.15) is 6.79 Å². The third kappa shape index (κ3) is 34.6. The summed E-state index contributed by atoms with van der Waals surface area (Å²) in [6.07, 6.45) is 12.2. The van der Waals surface area contributed by atoms with E-state index in [1.807, 2.05) is 26.0 Å². The summed E-state index contributed by atoms with van der Waals surface area (Å²) in [5.41, 5.74) is 1.16. The molecule has 0 fully saturated rings. The zero-order chi connectivity index (χ0) is 29.7. The number of benzene rings is 1. The lowest BCUT2D eigenvalue weighted by Crippen LogP contribution is -2.24. The first-order chi connectivity index (χ1) is 17.4. The Morgan fingerprint density at radius 1 is 0.973 bits per heavy atom. The van der Waals surface area contributed by atoms with Crippen molar-refractivity contribution in [3.63, 3.8) is 0 Å². The summed E-state index contributed by atoms with van der Waals surface area (Å²) in [4.78, 5) is 2.59. The van der Waals surface area contributed by atoms with E-state index in [4.69, 9.17) is 15.9 Å². The lowest BCUT2D eigenvalue weighted by Gasteiger charge is -2.15. The Kier molecular flexibility index (Phi) is 35.6. The molecule has 1 aromatic rings. The Morgan fingerprint density at radius 2 is 1.46 bits per heavy atom. The van der Waals surface area contributed by atoms with Crippen molar-refractivity contribution in [2.75, 3.05) is 46.9 Å². The normalized spacial score (nSPS) is 10.1. The molecule has 0 amide bonds. The van der Waals surface area contributed by atoms with Gasteiger partial charge in [-0.15, -0.1) is 12.3 Å². The summed E-state index contributed by atoms with van der Waals surface area (Å²) in [7, 11) is 0.639. The number of sulfone groups is 1. The average Bonchev–Trinajstić information content (AvgIpc) is 2.88. The molecule has 0 aromatic heterocycles. The van der Waals surface area contributed by atoms with Gasteiger partial charge in [-0.25, -0.2) is 8.42 Å². The van der Waals surface area contributed by atoms with Gasteiger partial charge in [0.2, 0.25) is 0 Å². The van der Waals surface area contributed by atoms with Crippen LogP contribution in [-0.2, 0) is 19.3 Å². The lowest BCUT2D eigenvalue weighted by atomic mass is 10.0. The topological polar surface area (TPSA) is 55.8 Å².